The molecule has 4 nitrogen and oxygen atoms in total. The highest BCUT2D eigenvalue weighted by atomic mass is 15.1. The fraction of sp³-hybridized carbons (Fsp3) is 0.250. The maximum Gasteiger partial charge on any atom is 0.159 e. The minimum absolute atomic E-state index is 0.451. The van der Waals surface area contributed by atoms with Crippen molar-refractivity contribution in [2.24, 2.45) is 12.8 Å². The van der Waals surface area contributed by atoms with Gasteiger partial charge in [-0.2, -0.15) is 0 Å². The summed E-state index contributed by atoms with van der Waals surface area (Å²) in [4.78, 5) is 8.50. The Kier molecular flexibility index (Phi) is 1.55. The first-order chi connectivity index (χ1) is 5.83. The fourth-order valence-corrected chi connectivity index (χ4v) is 1.25. The van der Waals surface area contributed by atoms with Gasteiger partial charge in [-0.15, -0.1) is 0 Å². The van der Waals surface area contributed by atoms with Crippen molar-refractivity contribution in [1.82, 2.24) is 14.5 Å². The Bertz CT molecular complexity index is 404. The van der Waals surface area contributed by atoms with Crippen molar-refractivity contribution < 1.29 is 0 Å². The predicted octanol–water partition coefficient (Wildman–Crippen LogP) is 0.427. The van der Waals surface area contributed by atoms with Gasteiger partial charge in [0.1, 0.15) is 11.3 Å². The van der Waals surface area contributed by atoms with E-state index in [9.17, 15) is 0 Å². The quantitative estimate of drug-likeness (QED) is 0.661. The smallest absolute Gasteiger partial charge is 0.159 e. The molecule has 12 heavy (non-hydrogen) atoms. The molecular weight excluding hydrogens is 152 g/mol. The first kappa shape index (κ1) is 7.24. The second-order valence-electron chi connectivity index (χ2n) is 2.64. The maximum absolute atomic E-state index is 5.50. The van der Waals surface area contributed by atoms with Crippen LogP contribution in [0, 0.1) is 0 Å². The number of nitrogens with two attached hydrogens (primary N) is 1. The largest absolute Gasteiger partial charge is 0.324 e. The highest BCUT2D eigenvalue weighted by molar-refractivity contribution is 5.70. The van der Waals surface area contributed by atoms with Crippen molar-refractivity contribution >= 4 is 11.2 Å². The van der Waals surface area contributed by atoms with Crippen molar-refractivity contribution in [3.63, 3.8) is 0 Å². The van der Waals surface area contributed by atoms with Gasteiger partial charge >= 0.3 is 0 Å². The molecule has 0 spiro atoms. The molecule has 0 radical (unpaired) electrons. The van der Waals surface area contributed by atoms with E-state index < -0.39 is 0 Å². The van der Waals surface area contributed by atoms with E-state index in [1.807, 2.05) is 23.7 Å². The van der Waals surface area contributed by atoms with E-state index in [2.05, 4.69) is 9.97 Å². The summed E-state index contributed by atoms with van der Waals surface area (Å²) in [6.07, 6.45) is 1.75. The lowest BCUT2D eigenvalue weighted by Crippen LogP contribution is -2.04. The van der Waals surface area contributed by atoms with Crippen LogP contribution in [0.3, 0.4) is 0 Å². The van der Waals surface area contributed by atoms with Gasteiger partial charge in [0.05, 0.1) is 6.54 Å². The van der Waals surface area contributed by atoms with E-state index in [0.29, 0.717) is 6.54 Å². The molecule has 2 aromatic rings. The van der Waals surface area contributed by atoms with Gasteiger partial charge < -0.3 is 10.3 Å². The molecule has 0 fully saturated rings. The first-order valence-electron chi connectivity index (χ1n) is 3.79. The molecule has 0 aliphatic heterocycles. The third kappa shape index (κ3) is 0.887. The third-order valence-corrected chi connectivity index (χ3v) is 1.90. The van der Waals surface area contributed by atoms with E-state index in [0.717, 1.165) is 17.0 Å². The molecule has 2 rings (SSSR count). The maximum atomic E-state index is 5.50. The van der Waals surface area contributed by atoms with Crippen LogP contribution in [0.15, 0.2) is 18.3 Å². The first-order valence-corrected chi connectivity index (χ1v) is 3.79. The zero-order valence-electron chi connectivity index (χ0n) is 6.86. The van der Waals surface area contributed by atoms with Gasteiger partial charge in [-0.3, -0.25) is 0 Å². The van der Waals surface area contributed by atoms with Crippen molar-refractivity contribution in [3.8, 4) is 0 Å². The number of aryl methyl sites for hydroxylation is 1. The third-order valence-electron chi connectivity index (χ3n) is 1.90. The van der Waals surface area contributed by atoms with Gasteiger partial charge in [0, 0.05) is 13.2 Å². The summed E-state index contributed by atoms with van der Waals surface area (Å²) in [6, 6.07) is 3.80. The van der Waals surface area contributed by atoms with Gasteiger partial charge in [-0.05, 0) is 12.1 Å². The van der Waals surface area contributed by atoms with Crippen LogP contribution in [-0.4, -0.2) is 14.5 Å². The standard InChI is InChI=1S/C8H10N4/c1-12-7(5-9)11-6-3-2-4-10-8(6)12/h2-4H,5,9H2,1H3. The van der Waals surface area contributed by atoms with Crippen LogP contribution in [0.2, 0.25) is 0 Å². The Morgan fingerprint density at radius 3 is 3.08 bits per heavy atom. The van der Waals surface area contributed by atoms with Crippen LogP contribution in [0.25, 0.3) is 11.2 Å². The Morgan fingerprint density at radius 2 is 2.42 bits per heavy atom. The minimum atomic E-state index is 0.451. The molecule has 2 aromatic heterocycles. The molecule has 0 unspecified atom stereocenters. The van der Waals surface area contributed by atoms with E-state index >= 15 is 0 Å². The molecule has 0 aliphatic carbocycles. The zero-order valence-corrected chi connectivity index (χ0v) is 6.86. The summed E-state index contributed by atoms with van der Waals surface area (Å²) in [6.45, 7) is 0.451. The lowest BCUT2D eigenvalue weighted by atomic mass is 10.4. The lowest BCUT2D eigenvalue weighted by Gasteiger charge is -1.95. The normalized spacial score (nSPS) is 10.8. The number of nitrogens with zero attached hydrogens (tertiary/aromatic N) is 3. The van der Waals surface area contributed by atoms with Crippen molar-refractivity contribution in [1.29, 1.82) is 0 Å². The van der Waals surface area contributed by atoms with Crippen molar-refractivity contribution in [2.45, 2.75) is 6.54 Å². The van der Waals surface area contributed by atoms with E-state index in [4.69, 9.17) is 5.73 Å². The highest BCUT2D eigenvalue weighted by Crippen LogP contribution is 2.10. The van der Waals surface area contributed by atoms with E-state index in [1.54, 1.807) is 6.20 Å². The minimum Gasteiger partial charge on any atom is -0.324 e. The average molecular weight is 162 g/mol. The molecule has 0 atom stereocenters. The molecule has 2 heterocycles. The number of imidazole rings is 1. The summed E-state index contributed by atoms with van der Waals surface area (Å²) >= 11 is 0. The Balaban J connectivity index is 2.78. The Labute approximate surface area is 70.0 Å². The average Bonchev–Trinajstić information content (AvgIpc) is 2.44. The van der Waals surface area contributed by atoms with Crippen LogP contribution in [-0.2, 0) is 13.6 Å². The summed E-state index contributed by atoms with van der Waals surface area (Å²) in [5, 5.41) is 0. The van der Waals surface area contributed by atoms with E-state index in [-0.39, 0.29) is 0 Å². The molecule has 0 aliphatic rings. The van der Waals surface area contributed by atoms with Gasteiger partial charge in [-0.1, -0.05) is 0 Å². The van der Waals surface area contributed by atoms with Gasteiger partial charge in [0.15, 0.2) is 5.65 Å². The second kappa shape index (κ2) is 2.57. The lowest BCUT2D eigenvalue weighted by molar-refractivity contribution is 0.806. The zero-order chi connectivity index (χ0) is 8.55. The van der Waals surface area contributed by atoms with Gasteiger partial charge in [0.25, 0.3) is 0 Å². The molecular formula is C8H10N4. The molecule has 0 saturated carbocycles. The van der Waals surface area contributed by atoms with Crippen molar-refractivity contribution in [3.05, 3.63) is 24.2 Å². The summed E-state index contributed by atoms with van der Waals surface area (Å²) in [5.41, 5.74) is 7.29. The number of fused-ring (bicyclic) bond motifs is 1. The molecule has 0 saturated heterocycles. The molecule has 0 aromatic carbocycles. The Morgan fingerprint density at radius 1 is 1.58 bits per heavy atom. The number of rotatable bonds is 1. The number of hydrogen-bond acceptors (Lipinski definition) is 3. The predicted molar refractivity (Wildman–Crippen MR) is 46.4 cm³/mol. The van der Waals surface area contributed by atoms with Crippen LogP contribution in [0.5, 0.6) is 0 Å². The Hall–Kier alpha value is -1.42. The van der Waals surface area contributed by atoms with E-state index in [1.165, 1.54) is 0 Å². The van der Waals surface area contributed by atoms with Crippen LogP contribution < -0.4 is 5.73 Å². The number of aromatic nitrogens is 3. The summed E-state index contributed by atoms with van der Waals surface area (Å²) < 4.78 is 1.91. The topological polar surface area (TPSA) is 56.7 Å². The van der Waals surface area contributed by atoms with Crippen molar-refractivity contribution in [2.75, 3.05) is 0 Å². The number of hydrogen-bond donors (Lipinski definition) is 1. The highest BCUT2D eigenvalue weighted by Gasteiger charge is 2.04. The summed E-state index contributed by atoms with van der Waals surface area (Å²) in [5.74, 6) is 0.865. The molecule has 2 N–H and O–H groups in total. The molecule has 0 amide bonds. The molecule has 0 bridgehead atoms. The monoisotopic (exact) mass is 162 g/mol. The summed E-state index contributed by atoms with van der Waals surface area (Å²) in [7, 11) is 1.92. The van der Waals surface area contributed by atoms with Gasteiger partial charge in [-0.25, -0.2) is 9.97 Å². The van der Waals surface area contributed by atoms with Gasteiger partial charge in [0.2, 0.25) is 0 Å². The van der Waals surface area contributed by atoms with Crippen LogP contribution in [0.1, 0.15) is 5.82 Å². The fourth-order valence-electron chi connectivity index (χ4n) is 1.25. The number of pyridine rings is 1. The second-order valence-corrected chi connectivity index (χ2v) is 2.64. The van der Waals surface area contributed by atoms with Crippen LogP contribution in [0.4, 0.5) is 0 Å². The van der Waals surface area contributed by atoms with Crippen LogP contribution >= 0.6 is 0 Å². The SMILES string of the molecule is Cn1c(CN)nc2cccnc21. The molecule has 4 heteroatoms. The molecule has 62 valence electrons.